The Morgan fingerprint density at radius 3 is 2.44 bits per heavy atom. The van der Waals surface area contributed by atoms with Crippen LogP contribution in [-0.2, 0) is 6.61 Å². The zero-order valence-electron chi connectivity index (χ0n) is 10.9. The third-order valence-corrected chi connectivity index (χ3v) is 2.96. The molecule has 0 atom stereocenters. The number of aromatic nitrogens is 2. The van der Waals surface area contributed by atoms with Crippen molar-refractivity contribution in [2.45, 2.75) is 27.4 Å². The number of nitrogen functional groups attached to an aromatic ring is 1. The summed E-state index contributed by atoms with van der Waals surface area (Å²) in [6.45, 7) is 6.58. The van der Waals surface area contributed by atoms with Crippen LogP contribution in [0.25, 0.3) is 0 Å². The summed E-state index contributed by atoms with van der Waals surface area (Å²) < 4.78 is 5.83. The van der Waals surface area contributed by atoms with Gasteiger partial charge in [-0.3, -0.25) is 4.98 Å². The van der Waals surface area contributed by atoms with Gasteiger partial charge in [-0.05, 0) is 37.5 Å². The Kier molecular flexibility index (Phi) is 3.46. The smallest absolute Gasteiger partial charge is 0.141 e. The number of rotatable bonds is 3. The standard InChI is InChI=1S/C14H17N3O/c1-9-4-5-10(2)14(11(9)3)18-8-12-6-17-13(15)7-16-12/h4-7H,8H2,1-3H3,(H2,15,17). The number of benzene rings is 1. The highest BCUT2D eigenvalue weighted by Gasteiger charge is 2.07. The van der Waals surface area contributed by atoms with Gasteiger partial charge in [-0.25, -0.2) is 4.98 Å². The Morgan fingerprint density at radius 1 is 1.06 bits per heavy atom. The topological polar surface area (TPSA) is 61.0 Å². The minimum atomic E-state index is 0.401. The van der Waals surface area contributed by atoms with E-state index in [-0.39, 0.29) is 0 Å². The molecule has 0 unspecified atom stereocenters. The summed E-state index contributed by atoms with van der Waals surface area (Å²) in [5, 5.41) is 0. The molecule has 1 aromatic carbocycles. The van der Waals surface area contributed by atoms with Gasteiger partial charge in [0.15, 0.2) is 0 Å². The molecule has 4 nitrogen and oxygen atoms in total. The lowest BCUT2D eigenvalue weighted by Crippen LogP contribution is -2.03. The van der Waals surface area contributed by atoms with Crippen LogP contribution in [0.3, 0.4) is 0 Å². The molecule has 1 aromatic heterocycles. The molecule has 0 aliphatic carbocycles. The van der Waals surface area contributed by atoms with E-state index < -0.39 is 0 Å². The van der Waals surface area contributed by atoms with Gasteiger partial charge in [0.05, 0.1) is 18.1 Å². The van der Waals surface area contributed by atoms with E-state index in [1.807, 2.05) is 6.92 Å². The van der Waals surface area contributed by atoms with Gasteiger partial charge in [0.1, 0.15) is 18.2 Å². The van der Waals surface area contributed by atoms with Crippen molar-refractivity contribution in [2.24, 2.45) is 0 Å². The Labute approximate surface area is 107 Å². The second-order valence-electron chi connectivity index (χ2n) is 4.37. The molecule has 0 aliphatic heterocycles. The normalized spacial score (nSPS) is 10.4. The largest absolute Gasteiger partial charge is 0.487 e. The van der Waals surface area contributed by atoms with Crippen LogP contribution in [0.4, 0.5) is 5.82 Å². The average Bonchev–Trinajstić information content (AvgIpc) is 2.36. The highest BCUT2D eigenvalue weighted by Crippen LogP contribution is 2.26. The molecule has 1 heterocycles. The summed E-state index contributed by atoms with van der Waals surface area (Å²) in [6.07, 6.45) is 3.17. The minimum Gasteiger partial charge on any atom is -0.487 e. The van der Waals surface area contributed by atoms with Crippen molar-refractivity contribution in [3.63, 3.8) is 0 Å². The lowest BCUT2D eigenvalue weighted by atomic mass is 10.1. The molecular weight excluding hydrogens is 226 g/mol. The van der Waals surface area contributed by atoms with Crippen LogP contribution in [0.1, 0.15) is 22.4 Å². The van der Waals surface area contributed by atoms with E-state index in [4.69, 9.17) is 10.5 Å². The van der Waals surface area contributed by atoms with Crippen LogP contribution < -0.4 is 10.5 Å². The number of hydrogen-bond donors (Lipinski definition) is 1. The zero-order valence-corrected chi connectivity index (χ0v) is 10.9. The molecule has 0 radical (unpaired) electrons. The first kappa shape index (κ1) is 12.4. The van der Waals surface area contributed by atoms with Gasteiger partial charge < -0.3 is 10.5 Å². The number of aryl methyl sites for hydroxylation is 2. The maximum absolute atomic E-state index is 5.83. The monoisotopic (exact) mass is 243 g/mol. The molecule has 0 saturated carbocycles. The molecule has 0 fully saturated rings. The summed E-state index contributed by atoms with van der Waals surface area (Å²) in [7, 11) is 0. The van der Waals surface area contributed by atoms with Gasteiger partial charge in [-0.1, -0.05) is 12.1 Å². The summed E-state index contributed by atoms with van der Waals surface area (Å²) in [6, 6.07) is 4.16. The van der Waals surface area contributed by atoms with E-state index in [9.17, 15) is 0 Å². The van der Waals surface area contributed by atoms with Crippen LogP contribution in [-0.4, -0.2) is 9.97 Å². The fourth-order valence-corrected chi connectivity index (χ4v) is 1.73. The second kappa shape index (κ2) is 5.04. The van der Waals surface area contributed by atoms with Crippen molar-refractivity contribution in [2.75, 3.05) is 5.73 Å². The van der Waals surface area contributed by atoms with Gasteiger partial charge in [0.25, 0.3) is 0 Å². The number of ether oxygens (including phenoxy) is 1. The van der Waals surface area contributed by atoms with Crippen molar-refractivity contribution in [3.05, 3.63) is 46.9 Å². The minimum absolute atomic E-state index is 0.401. The van der Waals surface area contributed by atoms with Crippen LogP contribution in [0.5, 0.6) is 5.75 Å². The molecule has 2 rings (SSSR count). The van der Waals surface area contributed by atoms with Gasteiger partial charge in [-0.15, -0.1) is 0 Å². The zero-order chi connectivity index (χ0) is 13.1. The Hall–Kier alpha value is -2.10. The van der Waals surface area contributed by atoms with Crippen LogP contribution in [0, 0.1) is 20.8 Å². The first-order valence-corrected chi connectivity index (χ1v) is 5.84. The van der Waals surface area contributed by atoms with E-state index in [2.05, 4.69) is 35.9 Å². The molecule has 0 spiro atoms. The van der Waals surface area contributed by atoms with E-state index in [0.717, 1.165) is 17.0 Å². The van der Waals surface area contributed by atoms with Crippen LogP contribution in [0.15, 0.2) is 24.5 Å². The molecule has 18 heavy (non-hydrogen) atoms. The van der Waals surface area contributed by atoms with Crippen molar-refractivity contribution in [1.82, 2.24) is 9.97 Å². The average molecular weight is 243 g/mol. The second-order valence-corrected chi connectivity index (χ2v) is 4.37. The first-order chi connectivity index (χ1) is 8.58. The van der Waals surface area contributed by atoms with E-state index in [1.165, 1.54) is 17.3 Å². The molecule has 4 heteroatoms. The molecule has 94 valence electrons. The molecule has 0 saturated heterocycles. The predicted molar refractivity (Wildman–Crippen MR) is 71.4 cm³/mol. The van der Waals surface area contributed by atoms with Crippen molar-refractivity contribution in [1.29, 1.82) is 0 Å². The van der Waals surface area contributed by atoms with Crippen LogP contribution in [0.2, 0.25) is 0 Å². The van der Waals surface area contributed by atoms with Crippen molar-refractivity contribution < 1.29 is 4.74 Å². The fraction of sp³-hybridized carbons (Fsp3) is 0.286. The summed E-state index contributed by atoms with van der Waals surface area (Å²) >= 11 is 0. The van der Waals surface area contributed by atoms with Gasteiger partial charge in [0, 0.05) is 0 Å². The van der Waals surface area contributed by atoms with Crippen LogP contribution >= 0.6 is 0 Å². The number of nitrogens with two attached hydrogens (primary N) is 1. The molecule has 0 bridgehead atoms. The molecule has 0 aliphatic rings. The maximum Gasteiger partial charge on any atom is 0.141 e. The molecule has 0 amide bonds. The molecule has 2 aromatic rings. The van der Waals surface area contributed by atoms with E-state index in [1.54, 1.807) is 6.20 Å². The van der Waals surface area contributed by atoms with Gasteiger partial charge in [0.2, 0.25) is 0 Å². The highest BCUT2D eigenvalue weighted by molar-refractivity contribution is 5.44. The Morgan fingerprint density at radius 2 is 1.78 bits per heavy atom. The quantitative estimate of drug-likeness (QED) is 0.900. The fourth-order valence-electron chi connectivity index (χ4n) is 1.73. The number of anilines is 1. The van der Waals surface area contributed by atoms with E-state index >= 15 is 0 Å². The SMILES string of the molecule is Cc1ccc(C)c(OCc2cnc(N)cn2)c1C. The summed E-state index contributed by atoms with van der Waals surface area (Å²) in [5.41, 5.74) is 9.77. The lowest BCUT2D eigenvalue weighted by molar-refractivity contribution is 0.296. The van der Waals surface area contributed by atoms with Crippen molar-refractivity contribution in [3.8, 4) is 5.75 Å². The molecule has 2 N–H and O–H groups in total. The third-order valence-electron chi connectivity index (χ3n) is 2.96. The summed E-state index contributed by atoms with van der Waals surface area (Å²) in [4.78, 5) is 8.15. The Balaban J connectivity index is 2.15. The first-order valence-electron chi connectivity index (χ1n) is 5.84. The lowest BCUT2D eigenvalue weighted by Gasteiger charge is -2.13. The molecular formula is C14H17N3O. The summed E-state index contributed by atoms with van der Waals surface area (Å²) in [5.74, 6) is 1.34. The third kappa shape index (κ3) is 2.59. The number of hydrogen-bond acceptors (Lipinski definition) is 4. The van der Waals surface area contributed by atoms with Gasteiger partial charge in [-0.2, -0.15) is 0 Å². The maximum atomic E-state index is 5.83. The predicted octanol–water partition coefficient (Wildman–Crippen LogP) is 2.56. The Bertz CT molecular complexity index is 550. The highest BCUT2D eigenvalue weighted by atomic mass is 16.5. The van der Waals surface area contributed by atoms with E-state index in [0.29, 0.717) is 12.4 Å². The van der Waals surface area contributed by atoms with Crippen molar-refractivity contribution >= 4 is 5.82 Å². The van der Waals surface area contributed by atoms with Gasteiger partial charge >= 0.3 is 0 Å². The number of nitrogens with zero attached hydrogens (tertiary/aromatic N) is 2.